The molecule has 0 aliphatic heterocycles. The molecule has 1 heterocycles. The number of hydrogen-bond acceptors (Lipinski definition) is 5. The first-order valence-corrected chi connectivity index (χ1v) is 8.16. The molecule has 3 rings (SSSR count). The van der Waals surface area contributed by atoms with E-state index >= 15 is 0 Å². The van der Waals surface area contributed by atoms with Crippen LogP contribution in [0.4, 0.5) is 17.3 Å². The number of carbonyl (C=O) groups is 2. The van der Waals surface area contributed by atoms with Crippen LogP contribution in [0.5, 0.6) is 0 Å². The second-order valence-electron chi connectivity index (χ2n) is 5.52. The lowest BCUT2D eigenvalue weighted by Gasteiger charge is -2.07. The fourth-order valence-electron chi connectivity index (χ4n) is 2.19. The highest BCUT2D eigenvalue weighted by atomic mass is 35.5. The monoisotopic (exact) mass is 366 g/mol. The third kappa shape index (κ3) is 4.43. The van der Waals surface area contributed by atoms with Gasteiger partial charge < -0.3 is 10.6 Å². The van der Waals surface area contributed by atoms with E-state index in [1.54, 1.807) is 48.5 Å². The first-order valence-electron chi connectivity index (χ1n) is 7.78. The van der Waals surface area contributed by atoms with Gasteiger partial charge in [0, 0.05) is 34.4 Å². The second-order valence-corrected chi connectivity index (χ2v) is 5.95. The summed E-state index contributed by atoms with van der Waals surface area (Å²) in [6, 6.07) is 13.8. The molecule has 0 aliphatic rings. The maximum absolute atomic E-state index is 12.2. The van der Waals surface area contributed by atoms with E-state index in [1.165, 1.54) is 19.3 Å². The van der Waals surface area contributed by atoms with Crippen LogP contribution in [0.2, 0.25) is 5.02 Å². The molecule has 6 nitrogen and oxygen atoms in total. The second kappa shape index (κ2) is 7.76. The molecule has 7 heteroatoms. The van der Waals surface area contributed by atoms with Crippen molar-refractivity contribution in [1.29, 1.82) is 0 Å². The summed E-state index contributed by atoms with van der Waals surface area (Å²) in [7, 11) is 0. The minimum Gasteiger partial charge on any atom is -0.324 e. The fraction of sp³-hybridized carbons (Fsp3) is 0.0526. The van der Waals surface area contributed by atoms with Crippen LogP contribution in [-0.4, -0.2) is 21.7 Å². The van der Waals surface area contributed by atoms with Crippen LogP contribution in [-0.2, 0) is 0 Å². The molecule has 0 radical (unpaired) electrons. The molecular weight excluding hydrogens is 352 g/mol. The molecule has 0 aliphatic carbocycles. The van der Waals surface area contributed by atoms with Crippen LogP contribution >= 0.6 is 11.6 Å². The Morgan fingerprint density at radius 2 is 1.62 bits per heavy atom. The van der Waals surface area contributed by atoms with E-state index in [4.69, 9.17) is 11.6 Å². The number of Topliss-reactive ketones (excluding diaryl/α,β-unsaturated/α-hetero) is 1. The molecule has 3 aromatic rings. The molecule has 0 fully saturated rings. The van der Waals surface area contributed by atoms with E-state index in [0.717, 1.165) is 0 Å². The SMILES string of the molecule is CC(=O)c1cccc(Nc2ncc(C(=O)Nc3ccc(Cl)cc3)cn2)c1. The van der Waals surface area contributed by atoms with Gasteiger partial charge in [-0.25, -0.2) is 9.97 Å². The third-order valence-corrected chi connectivity index (χ3v) is 3.79. The number of anilines is 3. The summed E-state index contributed by atoms with van der Waals surface area (Å²) in [4.78, 5) is 31.9. The molecular formula is C19H15ClN4O2. The molecule has 0 bridgehead atoms. The van der Waals surface area contributed by atoms with Gasteiger partial charge in [-0.2, -0.15) is 0 Å². The predicted molar refractivity (Wildman–Crippen MR) is 101 cm³/mol. The Morgan fingerprint density at radius 1 is 0.923 bits per heavy atom. The van der Waals surface area contributed by atoms with Gasteiger partial charge in [-0.15, -0.1) is 0 Å². The average Bonchev–Trinajstić information content (AvgIpc) is 2.64. The van der Waals surface area contributed by atoms with Gasteiger partial charge in [0.05, 0.1) is 5.56 Å². The van der Waals surface area contributed by atoms with Crippen molar-refractivity contribution < 1.29 is 9.59 Å². The zero-order valence-corrected chi connectivity index (χ0v) is 14.6. The van der Waals surface area contributed by atoms with E-state index in [2.05, 4.69) is 20.6 Å². The van der Waals surface area contributed by atoms with Gasteiger partial charge in [-0.1, -0.05) is 23.7 Å². The van der Waals surface area contributed by atoms with Crippen LogP contribution < -0.4 is 10.6 Å². The highest BCUT2D eigenvalue weighted by Gasteiger charge is 2.08. The summed E-state index contributed by atoms with van der Waals surface area (Å²) in [5, 5.41) is 6.33. The molecule has 26 heavy (non-hydrogen) atoms. The molecule has 0 spiro atoms. The molecule has 2 N–H and O–H groups in total. The van der Waals surface area contributed by atoms with Crippen LogP contribution in [0.25, 0.3) is 0 Å². The van der Waals surface area contributed by atoms with Gasteiger partial charge in [0.15, 0.2) is 5.78 Å². The van der Waals surface area contributed by atoms with E-state index in [9.17, 15) is 9.59 Å². The summed E-state index contributed by atoms with van der Waals surface area (Å²) in [6.07, 6.45) is 2.85. The van der Waals surface area contributed by atoms with E-state index in [1.807, 2.05) is 0 Å². The highest BCUT2D eigenvalue weighted by Crippen LogP contribution is 2.16. The molecule has 0 saturated carbocycles. The number of amides is 1. The largest absolute Gasteiger partial charge is 0.324 e. The first kappa shape index (κ1) is 17.6. The van der Waals surface area contributed by atoms with Gasteiger partial charge >= 0.3 is 0 Å². The summed E-state index contributed by atoms with van der Waals surface area (Å²) in [5.74, 6) is -0.0185. The standard InChI is InChI=1S/C19H15ClN4O2/c1-12(25)13-3-2-4-17(9-13)24-19-21-10-14(11-22-19)18(26)23-16-7-5-15(20)6-8-16/h2-11H,1H3,(H,23,26)(H,21,22,24). The van der Waals surface area contributed by atoms with Crippen molar-refractivity contribution in [1.82, 2.24) is 9.97 Å². The quantitative estimate of drug-likeness (QED) is 0.656. The number of nitrogens with one attached hydrogen (secondary N) is 2. The number of rotatable bonds is 5. The average molecular weight is 367 g/mol. The zero-order chi connectivity index (χ0) is 18.5. The van der Waals surface area contributed by atoms with Gasteiger partial charge in [0.25, 0.3) is 5.91 Å². The van der Waals surface area contributed by atoms with Gasteiger partial charge in [0.2, 0.25) is 5.95 Å². The highest BCUT2D eigenvalue weighted by molar-refractivity contribution is 6.30. The maximum atomic E-state index is 12.2. The molecule has 130 valence electrons. The van der Waals surface area contributed by atoms with Crippen LogP contribution in [0.15, 0.2) is 60.9 Å². The van der Waals surface area contributed by atoms with Crippen LogP contribution in [0, 0.1) is 0 Å². The fourth-order valence-corrected chi connectivity index (χ4v) is 2.32. The third-order valence-electron chi connectivity index (χ3n) is 3.54. The van der Waals surface area contributed by atoms with Gasteiger partial charge in [-0.3, -0.25) is 9.59 Å². The van der Waals surface area contributed by atoms with Crippen molar-refractivity contribution in [2.45, 2.75) is 6.92 Å². The van der Waals surface area contributed by atoms with Crippen LogP contribution in [0.1, 0.15) is 27.6 Å². The topological polar surface area (TPSA) is 84.0 Å². The van der Waals surface area contributed by atoms with Crippen molar-refractivity contribution in [3.63, 3.8) is 0 Å². The Labute approximate surface area is 155 Å². The van der Waals surface area contributed by atoms with Crippen molar-refractivity contribution >= 4 is 40.6 Å². The Morgan fingerprint density at radius 3 is 2.27 bits per heavy atom. The van der Waals surface area contributed by atoms with Crippen molar-refractivity contribution in [3.05, 3.63) is 77.1 Å². The Hall–Kier alpha value is -3.25. The van der Waals surface area contributed by atoms with E-state index < -0.39 is 0 Å². The van der Waals surface area contributed by atoms with Crippen molar-refractivity contribution in [3.8, 4) is 0 Å². The lowest BCUT2D eigenvalue weighted by Crippen LogP contribution is -2.13. The van der Waals surface area contributed by atoms with E-state index in [0.29, 0.717) is 33.5 Å². The normalized spacial score (nSPS) is 10.2. The number of hydrogen-bond donors (Lipinski definition) is 2. The molecule has 2 aromatic carbocycles. The smallest absolute Gasteiger partial charge is 0.258 e. The lowest BCUT2D eigenvalue weighted by molar-refractivity contribution is 0.101. The zero-order valence-electron chi connectivity index (χ0n) is 13.9. The minimum atomic E-state index is -0.322. The summed E-state index contributed by atoms with van der Waals surface area (Å²) >= 11 is 5.82. The minimum absolute atomic E-state index is 0.0243. The molecule has 1 amide bonds. The van der Waals surface area contributed by atoms with Crippen LogP contribution in [0.3, 0.4) is 0 Å². The number of nitrogens with zero attached hydrogens (tertiary/aromatic N) is 2. The van der Waals surface area contributed by atoms with E-state index in [-0.39, 0.29) is 11.7 Å². The molecule has 0 saturated heterocycles. The summed E-state index contributed by atoms with van der Waals surface area (Å²) in [5.41, 5.74) is 2.23. The molecule has 0 unspecified atom stereocenters. The predicted octanol–water partition coefficient (Wildman–Crippen LogP) is 4.33. The maximum Gasteiger partial charge on any atom is 0.258 e. The molecule has 1 aromatic heterocycles. The summed E-state index contributed by atoms with van der Waals surface area (Å²) < 4.78 is 0. The van der Waals surface area contributed by atoms with Gasteiger partial charge in [-0.05, 0) is 43.3 Å². The first-order chi connectivity index (χ1) is 12.5. The summed E-state index contributed by atoms with van der Waals surface area (Å²) in [6.45, 7) is 1.50. The number of ketones is 1. The molecule has 0 atom stereocenters. The van der Waals surface area contributed by atoms with Crippen molar-refractivity contribution in [2.75, 3.05) is 10.6 Å². The number of halogens is 1. The van der Waals surface area contributed by atoms with Crippen molar-refractivity contribution in [2.24, 2.45) is 0 Å². The number of carbonyl (C=O) groups excluding carboxylic acids is 2. The Balaban J connectivity index is 1.68. The van der Waals surface area contributed by atoms with Gasteiger partial charge in [0.1, 0.15) is 0 Å². The number of aromatic nitrogens is 2. The lowest BCUT2D eigenvalue weighted by atomic mass is 10.1. The number of benzene rings is 2. The Kier molecular flexibility index (Phi) is 5.24. The Bertz CT molecular complexity index is 941.